The first kappa shape index (κ1) is 10.0. The molecule has 44 valence electrons. The van der Waals surface area contributed by atoms with Crippen LogP contribution in [0.3, 0.4) is 0 Å². The summed E-state index contributed by atoms with van der Waals surface area (Å²) in [6.45, 7) is 0. The van der Waals surface area contributed by atoms with E-state index in [9.17, 15) is 0 Å². The molecule has 0 rings (SSSR count). The molecule has 0 bridgehead atoms. The Morgan fingerprint density at radius 3 is 1.14 bits per heavy atom. The van der Waals surface area contributed by atoms with Gasteiger partial charge in [-0.15, -0.1) is 0 Å². The number of hydrogen-bond acceptors (Lipinski definition) is 4. The predicted molar refractivity (Wildman–Crippen MR) is 27.4 cm³/mol. The lowest BCUT2D eigenvalue weighted by Crippen LogP contribution is -2.07. The summed E-state index contributed by atoms with van der Waals surface area (Å²) < 4.78 is 0. The molecule has 0 aromatic heterocycles. The highest BCUT2D eigenvalue weighted by atomic mass is 16.5. The van der Waals surface area contributed by atoms with Gasteiger partial charge in [0.2, 0.25) is 0 Å². The van der Waals surface area contributed by atoms with Gasteiger partial charge in [-0.05, 0) is 14.1 Å². The zero-order valence-corrected chi connectivity index (χ0v) is 4.42. The van der Waals surface area contributed by atoms with E-state index in [2.05, 4.69) is 5.32 Å². The second-order valence-corrected chi connectivity index (χ2v) is 0.846. The van der Waals surface area contributed by atoms with E-state index in [0.29, 0.717) is 0 Å². The van der Waals surface area contributed by atoms with Crippen LogP contribution >= 0.6 is 0 Å². The van der Waals surface area contributed by atoms with Gasteiger partial charge < -0.3 is 20.4 Å². The Kier molecular flexibility index (Phi) is 13.3. The van der Waals surface area contributed by atoms with Crippen LogP contribution in [0, 0.1) is 0 Å². The highest BCUT2D eigenvalue weighted by molar-refractivity contribution is 6.30. The molecule has 0 aromatic rings. The van der Waals surface area contributed by atoms with Crippen molar-refractivity contribution >= 4 is 7.32 Å². The molecule has 0 aliphatic rings. The summed E-state index contributed by atoms with van der Waals surface area (Å²) in [4.78, 5) is 0. The van der Waals surface area contributed by atoms with Gasteiger partial charge in [-0.1, -0.05) is 0 Å². The molecule has 0 spiro atoms. The first-order chi connectivity index (χ1) is 3.15. The molecule has 4 nitrogen and oxygen atoms in total. The fourth-order valence-electron chi connectivity index (χ4n) is 0. The van der Waals surface area contributed by atoms with Gasteiger partial charge in [0, 0.05) is 0 Å². The lowest BCUT2D eigenvalue weighted by Gasteiger charge is -1.69. The maximum atomic E-state index is 7.17. The molecule has 0 aromatic carbocycles. The van der Waals surface area contributed by atoms with E-state index in [1.807, 2.05) is 14.1 Å². The quantitative estimate of drug-likeness (QED) is 0.265. The Labute approximate surface area is 43.0 Å². The van der Waals surface area contributed by atoms with E-state index >= 15 is 0 Å². The van der Waals surface area contributed by atoms with Gasteiger partial charge in [0.1, 0.15) is 0 Å². The number of rotatable bonds is 0. The smallest absolute Gasteiger partial charge is 0.402 e. The van der Waals surface area contributed by atoms with Gasteiger partial charge in [0.05, 0.1) is 0 Å². The second-order valence-electron chi connectivity index (χ2n) is 0.846. The van der Waals surface area contributed by atoms with E-state index < -0.39 is 7.32 Å². The standard InChI is InChI=1S/C2H7N.BH3O3/c1-3-2;2-1(3)4/h3H,1-2H3;2-4H. The van der Waals surface area contributed by atoms with E-state index in [0.717, 1.165) is 0 Å². The summed E-state index contributed by atoms with van der Waals surface area (Å²) in [6.07, 6.45) is 0. The van der Waals surface area contributed by atoms with E-state index in [-0.39, 0.29) is 0 Å². The number of hydrogen-bond donors (Lipinski definition) is 4. The van der Waals surface area contributed by atoms with Crippen LogP contribution in [0.2, 0.25) is 0 Å². The summed E-state index contributed by atoms with van der Waals surface area (Å²) in [6, 6.07) is 0. The maximum absolute atomic E-state index is 7.17. The molecule has 0 saturated heterocycles. The molecule has 0 aliphatic heterocycles. The summed E-state index contributed by atoms with van der Waals surface area (Å²) in [5, 5.41) is 24.3. The average Bonchev–Trinajstić information content (AvgIpc) is 1.33. The van der Waals surface area contributed by atoms with Gasteiger partial charge in [-0.2, -0.15) is 0 Å². The van der Waals surface area contributed by atoms with Crippen LogP contribution in [0.5, 0.6) is 0 Å². The van der Waals surface area contributed by atoms with Crippen LogP contribution in [0.4, 0.5) is 0 Å². The highest BCUT2D eigenvalue weighted by Gasteiger charge is 1.92. The van der Waals surface area contributed by atoms with Gasteiger partial charge in [0.15, 0.2) is 0 Å². The SMILES string of the molecule is CNC.OB(O)O. The van der Waals surface area contributed by atoms with E-state index in [1.165, 1.54) is 0 Å². The lowest BCUT2D eigenvalue weighted by atomic mass is 10.3. The Hall–Kier alpha value is -0.0951. The minimum Gasteiger partial charge on any atom is -0.402 e. The first-order valence-corrected chi connectivity index (χ1v) is 1.77. The Morgan fingerprint density at radius 2 is 1.14 bits per heavy atom. The van der Waals surface area contributed by atoms with Crippen LogP contribution in [-0.2, 0) is 0 Å². The summed E-state index contributed by atoms with van der Waals surface area (Å²) >= 11 is 0. The zero-order chi connectivity index (χ0) is 6.28. The van der Waals surface area contributed by atoms with Crippen molar-refractivity contribution in [2.75, 3.05) is 14.1 Å². The van der Waals surface area contributed by atoms with E-state index in [1.54, 1.807) is 0 Å². The number of nitrogens with one attached hydrogen (secondary N) is 1. The van der Waals surface area contributed by atoms with Gasteiger partial charge in [-0.3, -0.25) is 0 Å². The van der Waals surface area contributed by atoms with Crippen molar-refractivity contribution in [1.29, 1.82) is 0 Å². The van der Waals surface area contributed by atoms with Crippen LogP contribution in [-0.4, -0.2) is 36.5 Å². The minimum absolute atomic E-state index is 1.88. The van der Waals surface area contributed by atoms with Gasteiger partial charge in [0.25, 0.3) is 0 Å². The Bertz CT molecular complexity index is 24.1. The van der Waals surface area contributed by atoms with E-state index in [4.69, 9.17) is 15.1 Å². The topological polar surface area (TPSA) is 72.7 Å². The van der Waals surface area contributed by atoms with Crippen LogP contribution in [0.1, 0.15) is 0 Å². The zero-order valence-electron chi connectivity index (χ0n) is 4.42. The van der Waals surface area contributed by atoms with Crippen LogP contribution in [0.15, 0.2) is 0 Å². The molecule has 0 atom stereocenters. The predicted octanol–water partition coefficient (Wildman–Crippen LogP) is -2.22. The molecule has 0 unspecified atom stereocenters. The summed E-state index contributed by atoms with van der Waals surface area (Å²) in [7, 11) is 1.58. The van der Waals surface area contributed by atoms with Crippen molar-refractivity contribution in [2.45, 2.75) is 0 Å². The van der Waals surface area contributed by atoms with Gasteiger partial charge in [-0.25, -0.2) is 0 Å². The van der Waals surface area contributed by atoms with Crippen molar-refractivity contribution < 1.29 is 15.1 Å². The van der Waals surface area contributed by atoms with Crippen LogP contribution in [0.25, 0.3) is 0 Å². The average molecular weight is 107 g/mol. The highest BCUT2D eigenvalue weighted by Crippen LogP contribution is 1.40. The first-order valence-electron chi connectivity index (χ1n) is 1.77. The van der Waals surface area contributed by atoms with Crippen molar-refractivity contribution in [2.24, 2.45) is 0 Å². The van der Waals surface area contributed by atoms with Crippen molar-refractivity contribution in [3.05, 3.63) is 0 Å². The molecule has 0 saturated carbocycles. The molecule has 0 amide bonds. The molecule has 0 heterocycles. The monoisotopic (exact) mass is 107 g/mol. The Morgan fingerprint density at radius 1 is 1.14 bits per heavy atom. The second kappa shape index (κ2) is 9.32. The molecular weight excluding hydrogens is 96.8 g/mol. The summed E-state index contributed by atoms with van der Waals surface area (Å²) in [5.74, 6) is 0. The molecule has 5 heteroatoms. The fourth-order valence-corrected chi connectivity index (χ4v) is 0. The third-order valence-corrected chi connectivity index (χ3v) is 0. The third kappa shape index (κ3) is 9960. The molecule has 0 fully saturated rings. The molecule has 0 radical (unpaired) electrons. The molecular formula is C2H10BNO3. The van der Waals surface area contributed by atoms with Crippen molar-refractivity contribution in [3.8, 4) is 0 Å². The normalized spacial score (nSPS) is 6.43. The third-order valence-electron chi connectivity index (χ3n) is 0. The van der Waals surface area contributed by atoms with Crippen molar-refractivity contribution in [1.82, 2.24) is 5.32 Å². The minimum atomic E-state index is -2.17. The largest absolute Gasteiger partial charge is 0.631 e. The molecule has 7 heavy (non-hydrogen) atoms. The van der Waals surface area contributed by atoms with Crippen molar-refractivity contribution in [3.63, 3.8) is 0 Å². The fraction of sp³-hybridized carbons (Fsp3) is 1.00. The van der Waals surface area contributed by atoms with Gasteiger partial charge >= 0.3 is 7.32 Å². The summed E-state index contributed by atoms with van der Waals surface area (Å²) in [5.41, 5.74) is 0. The maximum Gasteiger partial charge on any atom is 0.631 e. The lowest BCUT2D eigenvalue weighted by molar-refractivity contribution is 0.278. The van der Waals surface area contributed by atoms with Crippen LogP contribution < -0.4 is 5.32 Å². The molecule has 4 N–H and O–H groups in total. The Balaban J connectivity index is 0. The molecule has 0 aliphatic carbocycles.